The largest absolute Gasteiger partial charge is 0.477 e. The fraction of sp³-hybridized carbons (Fsp3) is 0.643. The second-order valence-corrected chi connectivity index (χ2v) is 5.19. The van der Waals surface area contributed by atoms with Crippen LogP contribution in [0.2, 0.25) is 0 Å². The summed E-state index contributed by atoms with van der Waals surface area (Å²) >= 11 is 0. The summed E-state index contributed by atoms with van der Waals surface area (Å²) in [7, 11) is 0. The van der Waals surface area contributed by atoms with Gasteiger partial charge in [0, 0.05) is 30.7 Å². The monoisotopic (exact) mass is 268 g/mol. The van der Waals surface area contributed by atoms with Gasteiger partial charge in [0.25, 0.3) is 0 Å². The second-order valence-electron chi connectivity index (χ2n) is 5.19. The molecule has 0 bridgehead atoms. The molecular formula is C14H21FN2O2. The molecule has 0 aliphatic carbocycles. The number of nitrogens with zero attached hydrogens (tertiary/aromatic N) is 1. The lowest BCUT2D eigenvalue weighted by Gasteiger charge is -2.14. The van der Waals surface area contributed by atoms with Crippen molar-refractivity contribution in [3.63, 3.8) is 0 Å². The average Bonchev–Trinajstić information content (AvgIpc) is 2.88. The van der Waals surface area contributed by atoms with Crippen LogP contribution in [0.1, 0.15) is 25.8 Å². The van der Waals surface area contributed by atoms with Crippen molar-refractivity contribution in [1.29, 1.82) is 0 Å². The standard InChI is InChI=1S/C14H21FN2O2/c1-10(2)16-6-12-5-13(15)7-17-14(12)19-9-11-3-4-18-8-11/h5,7,10-11,16H,3-4,6,8-9H2,1-2H3. The molecule has 0 spiro atoms. The van der Waals surface area contributed by atoms with E-state index in [0.29, 0.717) is 31.0 Å². The summed E-state index contributed by atoms with van der Waals surface area (Å²) in [5, 5.41) is 3.25. The van der Waals surface area contributed by atoms with Crippen LogP contribution in [-0.2, 0) is 11.3 Å². The first kappa shape index (κ1) is 14.2. The van der Waals surface area contributed by atoms with Crippen molar-refractivity contribution in [2.24, 2.45) is 5.92 Å². The number of hydrogen-bond acceptors (Lipinski definition) is 4. The van der Waals surface area contributed by atoms with Crippen LogP contribution in [-0.4, -0.2) is 30.8 Å². The lowest BCUT2D eigenvalue weighted by atomic mass is 10.1. The molecule has 0 saturated carbocycles. The third kappa shape index (κ3) is 4.44. The Hall–Kier alpha value is -1.20. The topological polar surface area (TPSA) is 43.4 Å². The van der Waals surface area contributed by atoms with E-state index in [2.05, 4.69) is 10.3 Å². The molecule has 1 aromatic heterocycles. The highest BCUT2D eigenvalue weighted by Gasteiger charge is 2.17. The summed E-state index contributed by atoms with van der Waals surface area (Å²) < 4.78 is 24.3. The summed E-state index contributed by atoms with van der Waals surface area (Å²) in [5.41, 5.74) is 0.757. The van der Waals surface area contributed by atoms with Crippen LogP contribution in [0, 0.1) is 11.7 Å². The van der Waals surface area contributed by atoms with Gasteiger partial charge in [0.2, 0.25) is 5.88 Å². The third-order valence-corrected chi connectivity index (χ3v) is 3.07. The molecule has 4 nitrogen and oxygen atoms in total. The number of ether oxygens (including phenoxy) is 2. The summed E-state index contributed by atoms with van der Waals surface area (Å²) in [6.45, 7) is 6.76. The van der Waals surface area contributed by atoms with Crippen molar-refractivity contribution in [2.75, 3.05) is 19.8 Å². The van der Waals surface area contributed by atoms with E-state index in [9.17, 15) is 4.39 Å². The lowest BCUT2D eigenvalue weighted by Crippen LogP contribution is -2.23. The van der Waals surface area contributed by atoms with E-state index in [-0.39, 0.29) is 5.82 Å². The molecule has 1 N–H and O–H groups in total. The summed E-state index contributed by atoms with van der Waals surface area (Å²) in [4.78, 5) is 4.04. The number of aromatic nitrogens is 1. The minimum absolute atomic E-state index is 0.333. The molecule has 1 aliphatic heterocycles. The zero-order valence-electron chi connectivity index (χ0n) is 11.5. The van der Waals surface area contributed by atoms with E-state index in [1.807, 2.05) is 13.8 Å². The number of hydrogen-bond donors (Lipinski definition) is 1. The molecule has 19 heavy (non-hydrogen) atoms. The predicted molar refractivity (Wildman–Crippen MR) is 70.6 cm³/mol. The average molecular weight is 268 g/mol. The van der Waals surface area contributed by atoms with Crippen molar-refractivity contribution < 1.29 is 13.9 Å². The molecule has 0 radical (unpaired) electrons. The van der Waals surface area contributed by atoms with Gasteiger partial charge in [-0.15, -0.1) is 0 Å². The van der Waals surface area contributed by atoms with Crippen LogP contribution in [0.5, 0.6) is 5.88 Å². The Morgan fingerprint density at radius 1 is 1.58 bits per heavy atom. The molecule has 0 amide bonds. The second kappa shape index (κ2) is 6.82. The zero-order chi connectivity index (χ0) is 13.7. The van der Waals surface area contributed by atoms with E-state index in [0.717, 1.165) is 25.2 Å². The Bertz CT molecular complexity index is 406. The SMILES string of the molecule is CC(C)NCc1cc(F)cnc1OCC1CCOC1. The van der Waals surface area contributed by atoms with E-state index >= 15 is 0 Å². The first-order valence-corrected chi connectivity index (χ1v) is 6.73. The quantitative estimate of drug-likeness (QED) is 0.858. The Labute approximate surface area is 113 Å². The van der Waals surface area contributed by atoms with Crippen LogP contribution in [0.4, 0.5) is 4.39 Å². The number of pyridine rings is 1. The fourth-order valence-corrected chi connectivity index (χ4v) is 1.95. The molecule has 1 aliphatic rings. The molecule has 0 aromatic carbocycles. The Kier molecular flexibility index (Phi) is 5.10. The normalized spacial score (nSPS) is 19.1. The van der Waals surface area contributed by atoms with Gasteiger partial charge in [-0.2, -0.15) is 0 Å². The highest BCUT2D eigenvalue weighted by molar-refractivity contribution is 5.26. The van der Waals surface area contributed by atoms with E-state index in [4.69, 9.17) is 9.47 Å². The van der Waals surface area contributed by atoms with Gasteiger partial charge in [-0.25, -0.2) is 9.37 Å². The van der Waals surface area contributed by atoms with Crippen LogP contribution in [0.25, 0.3) is 0 Å². The molecule has 2 rings (SSSR count). The minimum atomic E-state index is -0.336. The molecule has 1 fully saturated rings. The highest BCUT2D eigenvalue weighted by atomic mass is 19.1. The first-order chi connectivity index (χ1) is 9.15. The van der Waals surface area contributed by atoms with Gasteiger partial charge in [-0.3, -0.25) is 0 Å². The molecule has 5 heteroatoms. The summed E-state index contributed by atoms with van der Waals surface area (Å²) in [6.07, 6.45) is 2.21. The maximum Gasteiger partial charge on any atom is 0.218 e. The Morgan fingerprint density at radius 3 is 3.11 bits per heavy atom. The van der Waals surface area contributed by atoms with Gasteiger partial charge in [-0.05, 0) is 12.5 Å². The maximum atomic E-state index is 13.2. The van der Waals surface area contributed by atoms with E-state index < -0.39 is 0 Å². The summed E-state index contributed by atoms with van der Waals surface area (Å²) in [6, 6.07) is 1.81. The Balaban J connectivity index is 1.96. The minimum Gasteiger partial charge on any atom is -0.477 e. The van der Waals surface area contributed by atoms with Crippen LogP contribution in [0.15, 0.2) is 12.3 Å². The van der Waals surface area contributed by atoms with Gasteiger partial charge in [0.1, 0.15) is 5.82 Å². The summed E-state index contributed by atoms with van der Waals surface area (Å²) in [5.74, 6) is 0.594. The maximum absolute atomic E-state index is 13.2. The van der Waals surface area contributed by atoms with E-state index in [1.54, 1.807) is 0 Å². The highest BCUT2D eigenvalue weighted by Crippen LogP contribution is 2.19. The smallest absolute Gasteiger partial charge is 0.218 e. The van der Waals surface area contributed by atoms with Gasteiger partial charge in [0.15, 0.2) is 0 Å². The van der Waals surface area contributed by atoms with Crippen molar-refractivity contribution >= 4 is 0 Å². The molecular weight excluding hydrogens is 247 g/mol. The van der Waals surface area contributed by atoms with Gasteiger partial charge in [0.05, 0.1) is 19.4 Å². The van der Waals surface area contributed by atoms with Crippen LogP contribution in [0.3, 0.4) is 0 Å². The van der Waals surface area contributed by atoms with Gasteiger partial charge in [-0.1, -0.05) is 13.8 Å². The van der Waals surface area contributed by atoms with Gasteiger partial charge >= 0.3 is 0 Å². The predicted octanol–water partition coefficient (Wildman–Crippen LogP) is 2.13. The number of halogens is 1. The first-order valence-electron chi connectivity index (χ1n) is 6.73. The molecule has 1 unspecified atom stereocenters. The number of nitrogens with one attached hydrogen (secondary N) is 1. The number of rotatable bonds is 6. The van der Waals surface area contributed by atoms with Crippen molar-refractivity contribution in [2.45, 2.75) is 32.9 Å². The Morgan fingerprint density at radius 2 is 2.42 bits per heavy atom. The van der Waals surface area contributed by atoms with E-state index in [1.165, 1.54) is 12.3 Å². The molecule has 1 aromatic rings. The molecule has 2 heterocycles. The van der Waals surface area contributed by atoms with Crippen LogP contribution < -0.4 is 10.1 Å². The lowest BCUT2D eigenvalue weighted by molar-refractivity contribution is 0.165. The van der Waals surface area contributed by atoms with Crippen molar-refractivity contribution in [1.82, 2.24) is 10.3 Å². The van der Waals surface area contributed by atoms with Crippen molar-refractivity contribution in [3.05, 3.63) is 23.6 Å². The molecule has 1 saturated heterocycles. The molecule has 106 valence electrons. The third-order valence-electron chi connectivity index (χ3n) is 3.07. The zero-order valence-corrected chi connectivity index (χ0v) is 11.5. The van der Waals surface area contributed by atoms with Gasteiger partial charge < -0.3 is 14.8 Å². The molecule has 1 atom stereocenters. The fourth-order valence-electron chi connectivity index (χ4n) is 1.95. The van der Waals surface area contributed by atoms with Crippen molar-refractivity contribution in [3.8, 4) is 5.88 Å². The van der Waals surface area contributed by atoms with Crippen LogP contribution >= 0.6 is 0 Å².